The fourth-order valence-electron chi connectivity index (χ4n) is 3.35. The molecule has 2 aromatic rings. The molecule has 0 spiro atoms. The molecule has 0 saturated carbocycles. The van der Waals surface area contributed by atoms with Crippen LogP contribution < -0.4 is 10.2 Å². The topological polar surface area (TPSA) is 92.8 Å². The van der Waals surface area contributed by atoms with Crippen LogP contribution in [0.5, 0.6) is 0 Å². The number of esters is 1. The van der Waals surface area contributed by atoms with E-state index >= 15 is 0 Å². The molecule has 2 aromatic carbocycles. The average molecular weight is 408 g/mol. The molecular formula is C23H24N2O5. The summed E-state index contributed by atoms with van der Waals surface area (Å²) in [6.07, 6.45) is 0.0447. The highest BCUT2D eigenvalue weighted by atomic mass is 16.5. The van der Waals surface area contributed by atoms with E-state index in [2.05, 4.69) is 5.32 Å². The van der Waals surface area contributed by atoms with Gasteiger partial charge in [-0.2, -0.15) is 0 Å². The van der Waals surface area contributed by atoms with Crippen molar-refractivity contribution in [3.8, 4) is 0 Å². The van der Waals surface area contributed by atoms with E-state index in [-0.39, 0.29) is 37.0 Å². The second-order valence-corrected chi connectivity index (χ2v) is 7.33. The molecule has 7 nitrogen and oxygen atoms in total. The molecule has 0 bridgehead atoms. The summed E-state index contributed by atoms with van der Waals surface area (Å²) in [5.74, 6) is -1.38. The zero-order valence-corrected chi connectivity index (χ0v) is 17.0. The molecule has 0 radical (unpaired) electrons. The van der Waals surface area contributed by atoms with E-state index in [1.807, 2.05) is 19.1 Å². The Morgan fingerprint density at radius 3 is 2.50 bits per heavy atom. The number of rotatable bonds is 6. The van der Waals surface area contributed by atoms with E-state index in [0.29, 0.717) is 16.9 Å². The minimum Gasteiger partial charge on any atom is -0.456 e. The van der Waals surface area contributed by atoms with E-state index in [0.717, 1.165) is 5.56 Å². The van der Waals surface area contributed by atoms with Gasteiger partial charge in [0.2, 0.25) is 5.91 Å². The van der Waals surface area contributed by atoms with Crippen molar-refractivity contribution < 1.29 is 23.9 Å². The Balaban J connectivity index is 1.57. The Morgan fingerprint density at radius 2 is 1.77 bits per heavy atom. The molecule has 156 valence electrons. The SMILES string of the molecule is Cc1ccc(C(=O)CCC(=O)OCC(=O)N2c3ccccc3NC(=O)C[C@@H]2C)cc1. The largest absolute Gasteiger partial charge is 0.456 e. The van der Waals surface area contributed by atoms with Crippen LogP contribution in [0.15, 0.2) is 48.5 Å². The second kappa shape index (κ2) is 9.35. The smallest absolute Gasteiger partial charge is 0.306 e. The highest BCUT2D eigenvalue weighted by Gasteiger charge is 2.30. The summed E-state index contributed by atoms with van der Waals surface area (Å²) in [6, 6.07) is 13.7. The number of hydrogen-bond donors (Lipinski definition) is 1. The molecule has 1 aliphatic rings. The van der Waals surface area contributed by atoms with Crippen LogP contribution in [0.25, 0.3) is 0 Å². The molecule has 7 heteroatoms. The third kappa shape index (κ3) is 5.11. The number of ether oxygens (including phenoxy) is 1. The first-order valence-electron chi connectivity index (χ1n) is 9.81. The van der Waals surface area contributed by atoms with Crippen LogP contribution in [0.3, 0.4) is 0 Å². The van der Waals surface area contributed by atoms with Crippen LogP contribution >= 0.6 is 0 Å². The molecular weight excluding hydrogens is 384 g/mol. The number of ketones is 1. The van der Waals surface area contributed by atoms with Crippen molar-refractivity contribution >= 4 is 34.9 Å². The molecule has 3 rings (SSSR count). The molecule has 0 fully saturated rings. The maximum atomic E-state index is 12.8. The van der Waals surface area contributed by atoms with Gasteiger partial charge in [-0.3, -0.25) is 19.2 Å². The van der Waals surface area contributed by atoms with Crippen LogP contribution in [-0.4, -0.2) is 36.2 Å². The van der Waals surface area contributed by atoms with Gasteiger partial charge in [-0.1, -0.05) is 42.0 Å². The van der Waals surface area contributed by atoms with Gasteiger partial charge in [0.1, 0.15) is 0 Å². The van der Waals surface area contributed by atoms with E-state index < -0.39 is 18.5 Å². The van der Waals surface area contributed by atoms with Gasteiger partial charge in [-0.25, -0.2) is 0 Å². The van der Waals surface area contributed by atoms with Gasteiger partial charge in [0, 0.05) is 24.4 Å². The molecule has 1 heterocycles. The summed E-state index contributed by atoms with van der Waals surface area (Å²) in [5, 5.41) is 2.78. The van der Waals surface area contributed by atoms with Gasteiger partial charge in [-0.05, 0) is 26.0 Å². The van der Waals surface area contributed by atoms with E-state index in [1.165, 1.54) is 4.90 Å². The fraction of sp³-hybridized carbons (Fsp3) is 0.304. The zero-order chi connectivity index (χ0) is 21.7. The summed E-state index contributed by atoms with van der Waals surface area (Å²) in [6.45, 7) is 3.24. The summed E-state index contributed by atoms with van der Waals surface area (Å²) in [7, 11) is 0. The van der Waals surface area contributed by atoms with Crippen LogP contribution in [0, 0.1) is 6.92 Å². The first-order chi connectivity index (χ1) is 14.3. The Kier molecular flexibility index (Phi) is 6.61. The number of hydrogen-bond acceptors (Lipinski definition) is 5. The number of carbonyl (C=O) groups excluding carboxylic acids is 4. The van der Waals surface area contributed by atoms with Crippen LogP contribution in [0.2, 0.25) is 0 Å². The first-order valence-corrected chi connectivity index (χ1v) is 9.81. The minimum absolute atomic E-state index is 0.0114. The molecule has 1 aliphatic heterocycles. The summed E-state index contributed by atoms with van der Waals surface area (Å²) < 4.78 is 5.11. The minimum atomic E-state index is -0.617. The maximum Gasteiger partial charge on any atom is 0.306 e. The third-order valence-corrected chi connectivity index (χ3v) is 4.91. The van der Waals surface area contributed by atoms with Gasteiger partial charge < -0.3 is 15.0 Å². The monoisotopic (exact) mass is 408 g/mol. The van der Waals surface area contributed by atoms with E-state index in [1.54, 1.807) is 43.3 Å². The predicted octanol–water partition coefficient (Wildman–Crippen LogP) is 3.27. The number of fused-ring (bicyclic) bond motifs is 1. The molecule has 1 atom stereocenters. The molecule has 0 unspecified atom stereocenters. The number of nitrogens with one attached hydrogen (secondary N) is 1. The van der Waals surface area contributed by atoms with Crippen molar-refractivity contribution in [3.05, 3.63) is 59.7 Å². The summed E-state index contributed by atoms with van der Waals surface area (Å²) in [5.41, 5.74) is 2.68. The van der Waals surface area contributed by atoms with Crippen molar-refractivity contribution in [2.75, 3.05) is 16.8 Å². The van der Waals surface area contributed by atoms with Gasteiger partial charge in [0.05, 0.1) is 17.8 Å². The number of anilines is 2. The van der Waals surface area contributed by atoms with Crippen molar-refractivity contribution in [2.45, 2.75) is 39.2 Å². The van der Waals surface area contributed by atoms with Crippen molar-refractivity contribution in [2.24, 2.45) is 0 Å². The van der Waals surface area contributed by atoms with Gasteiger partial charge in [0.25, 0.3) is 5.91 Å². The number of nitrogens with zero attached hydrogens (tertiary/aromatic N) is 1. The van der Waals surface area contributed by atoms with Crippen molar-refractivity contribution in [1.82, 2.24) is 0 Å². The Bertz CT molecular complexity index is 968. The lowest BCUT2D eigenvalue weighted by atomic mass is 10.1. The second-order valence-electron chi connectivity index (χ2n) is 7.33. The molecule has 0 aromatic heterocycles. The summed E-state index contributed by atoms with van der Waals surface area (Å²) >= 11 is 0. The molecule has 0 saturated heterocycles. The van der Waals surface area contributed by atoms with E-state index in [4.69, 9.17) is 4.74 Å². The highest BCUT2D eigenvalue weighted by molar-refractivity contribution is 6.05. The average Bonchev–Trinajstić information content (AvgIpc) is 2.84. The first kappa shape index (κ1) is 21.2. The molecule has 2 amide bonds. The molecule has 0 aliphatic carbocycles. The molecule has 1 N–H and O–H groups in total. The van der Waals surface area contributed by atoms with Crippen LogP contribution in [0.4, 0.5) is 11.4 Å². The number of aryl methyl sites for hydroxylation is 1. The predicted molar refractivity (Wildman–Crippen MR) is 112 cm³/mol. The third-order valence-electron chi connectivity index (χ3n) is 4.91. The van der Waals surface area contributed by atoms with Gasteiger partial charge in [0.15, 0.2) is 12.4 Å². The normalized spacial score (nSPS) is 15.6. The number of carbonyl (C=O) groups is 4. The Hall–Kier alpha value is -3.48. The van der Waals surface area contributed by atoms with E-state index in [9.17, 15) is 19.2 Å². The molecule has 30 heavy (non-hydrogen) atoms. The van der Waals surface area contributed by atoms with Gasteiger partial charge >= 0.3 is 5.97 Å². The lowest BCUT2D eigenvalue weighted by Gasteiger charge is -2.27. The zero-order valence-electron chi connectivity index (χ0n) is 17.0. The Morgan fingerprint density at radius 1 is 1.07 bits per heavy atom. The van der Waals surface area contributed by atoms with Crippen LogP contribution in [-0.2, 0) is 19.1 Å². The number of amides is 2. The number of para-hydroxylation sites is 2. The highest BCUT2D eigenvalue weighted by Crippen LogP contribution is 2.31. The standard InChI is InChI=1S/C23H24N2O5/c1-15-7-9-17(10-8-15)20(26)11-12-23(29)30-14-22(28)25-16(2)13-21(27)24-18-5-3-4-6-19(18)25/h3-10,16H,11-14H2,1-2H3,(H,24,27)/t16-/m0/s1. The van der Waals surface area contributed by atoms with Crippen molar-refractivity contribution in [3.63, 3.8) is 0 Å². The maximum absolute atomic E-state index is 12.8. The number of Topliss-reactive ketones (excluding diaryl/α,β-unsaturated/α-hetero) is 1. The van der Waals surface area contributed by atoms with Gasteiger partial charge in [-0.15, -0.1) is 0 Å². The fourth-order valence-corrected chi connectivity index (χ4v) is 3.35. The van der Waals surface area contributed by atoms with Crippen molar-refractivity contribution in [1.29, 1.82) is 0 Å². The lowest BCUT2D eigenvalue weighted by Crippen LogP contribution is -2.41. The van der Waals surface area contributed by atoms with Crippen LogP contribution in [0.1, 0.15) is 42.1 Å². The lowest BCUT2D eigenvalue weighted by molar-refractivity contribution is -0.147. The summed E-state index contributed by atoms with van der Waals surface area (Å²) in [4.78, 5) is 50.5. The Labute approximate surface area is 175 Å². The quantitative estimate of drug-likeness (QED) is 0.585. The number of benzene rings is 2.